The van der Waals surface area contributed by atoms with E-state index in [0.717, 1.165) is 5.56 Å². The first-order valence-electron chi connectivity index (χ1n) is 12.2. The Kier molecular flexibility index (Phi) is 6.77. The lowest BCUT2D eigenvalue weighted by Crippen LogP contribution is -2.34. The first-order valence-corrected chi connectivity index (χ1v) is 12.8. The number of hydrogen-bond acceptors (Lipinski definition) is 6. The fourth-order valence-corrected chi connectivity index (χ4v) is 4.97. The number of aliphatic hydroxyl groups is 1. The third-order valence-electron chi connectivity index (χ3n) is 6.54. The standard InChI is InChI=1S/C27H27FN7O2P/c1-4-34-15-29-26(33-34)32-23(36)17-14-21-22(30-24(17)38)31-25(35(21)5-2)27(37,18-11-7-6-10-16(18)3)19-12-8-9-13-20(19)28/h6-15,37H,4-5,38H2,1-3H3,(H,32,33,36). The van der Waals surface area contributed by atoms with Crippen molar-refractivity contribution in [2.24, 2.45) is 0 Å². The summed E-state index contributed by atoms with van der Waals surface area (Å²) in [4.78, 5) is 26.5. The third kappa shape index (κ3) is 4.25. The first-order chi connectivity index (χ1) is 18.3. The number of hydrogen-bond donors (Lipinski definition) is 2. The molecule has 0 bridgehead atoms. The van der Waals surface area contributed by atoms with Gasteiger partial charge in [0.1, 0.15) is 12.1 Å². The van der Waals surface area contributed by atoms with Crippen LogP contribution in [0.25, 0.3) is 11.2 Å². The summed E-state index contributed by atoms with van der Waals surface area (Å²) in [5.41, 5.74) is 0.900. The van der Waals surface area contributed by atoms with Gasteiger partial charge in [0.25, 0.3) is 5.91 Å². The summed E-state index contributed by atoms with van der Waals surface area (Å²) in [6.45, 7) is 6.67. The highest BCUT2D eigenvalue weighted by atomic mass is 31.0. The van der Waals surface area contributed by atoms with E-state index in [1.165, 1.54) is 12.4 Å². The Hall–Kier alpha value is -4.01. The summed E-state index contributed by atoms with van der Waals surface area (Å²) in [6, 6.07) is 15.0. The number of benzene rings is 2. The van der Waals surface area contributed by atoms with Crippen molar-refractivity contribution in [3.63, 3.8) is 0 Å². The van der Waals surface area contributed by atoms with Gasteiger partial charge in [-0.3, -0.25) is 14.8 Å². The van der Waals surface area contributed by atoms with Gasteiger partial charge in [-0.25, -0.2) is 19.3 Å². The van der Waals surface area contributed by atoms with Crippen molar-refractivity contribution >= 4 is 37.7 Å². The van der Waals surface area contributed by atoms with E-state index in [9.17, 15) is 9.90 Å². The van der Waals surface area contributed by atoms with E-state index < -0.39 is 17.3 Å². The van der Waals surface area contributed by atoms with E-state index in [1.54, 1.807) is 45.6 Å². The van der Waals surface area contributed by atoms with Crippen LogP contribution in [0.1, 0.15) is 46.7 Å². The lowest BCUT2D eigenvalue weighted by molar-refractivity contribution is 0.102. The molecule has 194 valence electrons. The normalized spacial score (nSPS) is 13.0. The van der Waals surface area contributed by atoms with E-state index in [1.807, 2.05) is 32.9 Å². The minimum absolute atomic E-state index is 0.0703. The maximum Gasteiger partial charge on any atom is 0.260 e. The second-order valence-corrected chi connectivity index (χ2v) is 9.37. The molecular weight excluding hydrogens is 504 g/mol. The van der Waals surface area contributed by atoms with Crippen LogP contribution in [0.5, 0.6) is 0 Å². The summed E-state index contributed by atoms with van der Waals surface area (Å²) in [5, 5.41) is 19.3. The molecule has 0 aliphatic heterocycles. The Bertz CT molecular complexity index is 1620. The van der Waals surface area contributed by atoms with Gasteiger partial charge in [0.05, 0.1) is 16.5 Å². The molecule has 11 heteroatoms. The topological polar surface area (TPSA) is 111 Å². The number of carbonyl (C=O) groups is 1. The number of pyridine rings is 1. The van der Waals surface area contributed by atoms with Crippen molar-refractivity contribution in [3.8, 4) is 0 Å². The summed E-state index contributed by atoms with van der Waals surface area (Å²) in [7, 11) is 2.45. The Balaban J connectivity index is 1.70. The summed E-state index contributed by atoms with van der Waals surface area (Å²) in [5.74, 6) is -0.620. The van der Waals surface area contributed by atoms with Crippen LogP contribution < -0.4 is 10.8 Å². The monoisotopic (exact) mass is 531 g/mol. The molecule has 0 aliphatic carbocycles. The van der Waals surface area contributed by atoms with E-state index >= 15 is 4.39 Å². The number of aromatic nitrogens is 6. The van der Waals surface area contributed by atoms with Crippen LogP contribution in [-0.4, -0.2) is 40.3 Å². The van der Waals surface area contributed by atoms with Crippen molar-refractivity contribution in [3.05, 3.63) is 94.8 Å². The van der Waals surface area contributed by atoms with Crippen molar-refractivity contribution < 1.29 is 14.3 Å². The molecule has 0 spiro atoms. The predicted molar refractivity (Wildman–Crippen MR) is 146 cm³/mol. The molecule has 1 amide bonds. The van der Waals surface area contributed by atoms with Crippen LogP contribution in [0.2, 0.25) is 0 Å². The first kappa shape index (κ1) is 25.6. The van der Waals surface area contributed by atoms with Gasteiger partial charge in [-0.2, -0.15) is 0 Å². The number of anilines is 1. The van der Waals surface area contributed by atoms with Crippen LogP contribution in [-0.2, 0) is 18.7 Å². The van der Waals surface area contributed by atoms with Crippen LogP contribution in [0.3, 0.4) is 0 Å². The minimum atomic E-state index is -1.92. The highest BCUT2D eigenvalue weighted by molar-refractivity contribution is 7.27. The highest BCUT2D eigenvalue weighted by Crippen LogP contribution is 2.40. The molecule has 5 rings (SSSR count). The number of aryl methyl sites for hydroxylation is 3. The molecule has 2 N–H and O–H groups in total. The van der Waals surface area contributed by atoms with Crippen molar-refractivity contribution in [2.45, 2.75) is 39.5 Å². The zero-order chi connectivity index (χ0) is 27.0. The van der Waals surface area contributed by atoms with Crippen LogP contribution in [0, 0.1) is 12.7 Å². The predicted octanol–water partition coefficient (Wildman–Crippen LogP) is 3.55. The fourth-order valence-electron chi connectivity index (χ4n) is 4.63. The smallest absolute Gasteiger partial charge is 0.260 e. The second kappa shape index (κ2) is 10.0. The van der Waals surface area contributed by atoms with E-state index in [4.69, 9.17) is 4.98 Å². The molecule has 38 heavy (non-hydrogen) atoms. The van der Waals surface area contributed by atoms with Crippen molar-refractivity contribution in [1.82, 2.24) is 29.3 Å². The maximum absolute atomic E-state index is 15.3. The molecule has 0 saturated heterocycles. The minimum Gasteiger partial charge on any atom is -0.373 e. The maximum atomic E-state index is 15.3. The van der Waals surface area contributed by atoms with Crippen LogP contribution >= 0.6 is 9.24 Å². The summed E-state index contributed by atoms with van der Waals surface area (Å²) < 4.78 is 18.6. The second-order valence-electron chi connectivity index (χ2n) is 8.83. The van der Waals surface area contributed by atoms with Gasteiger partial charge in [0.15, 0.2) is 17.1 Å². The van der Waals surface area contributed by atoms with Gasteiger partial charge < -0.3 is 9.67 Å². The molecule has 9 nitrogen and oxygen atoms in total. The molecule has 0 saturated carbocycles. The molecule has 2 unspecified atom stereocenters. The van der Waals surface area contributed by atoms with Gasteiger partial charge >= 0.3 is 0 Å². The molecule has 2 atom stereocenters. The number of imidazole rings is 1. The Morgan fingerprint density at radius 3 is 2.45 bits per heavy atom. The van der Waals surface area contributed by atoms with E-state index in [2.05, 4.69) is 29.6 Å². The molecule has 3 aromatic heterocycles. The lowest BCUT2D eigenvalue weighted by Gasteiger charge is -2.31. The summed E-state index contributed by atoms with van der Waals surface area (Å²) in [6.07, 6.45) is 1.53. The molecule has 0 fully saturated rings. The van der Waals surface area contributed by atoms with Crippen LogP contribution in [0.4, 0.5) is 10.3 Å². The Morgan fingerprint density at radius 1 is 1.08 bits per heavy atom. The largest absolute Gasteiger partial charge is 0.373 e. The zero-order valence-electron chi connectivity index (χ0n) is 21.2. The highest BCUT2D eigenvalue weighted by Gasteiger charge is 2.42. The number of fused-ring (bicyclic) bond motifs is 1. The van der Waals surface area contributed by atoms with Crippen molar-refractivity contribution in [1.29, 1.82) is 0 Å². The average molecular weight is 532 g/mol. The fraction of sp³-hybridized carbons (Fsp3) is 0.222. The number of nitrogens with one attached hydrogen (secondary N) is 1. The number of nitrogens with zero attached hydrogens (tertiary/aromatic N) is 6. The molecule has 0 radical (unpaired) electrons. The summed E-state index contributed by atoms with van der Waals surface area (Å²) >= 11 is 0. The van der Waals surface area contributed by atoms with Gasteiger partial charge in [-0.15, -0.1) is 5.10 Å². The molecule has 2 aromatic carbocycles. The molecule has 0 aliphatic rings. The van der Waals surface area contributed by atoms with E-state index in [-0.39, 0.29) is 22.9 Å². The van der Waals surface area contributed by atoms with Gasteiger partial charge in [0, 0.05) is 18.7 Å². The molecule has 5 aromatic rings. The van der Waals surface area contributed by atoms with Gasteiger partial charge in [0.2, 0.25) is 5.95 Å². The molecular formula is C27H27FN7O2P. The molecule has 3 heterocycles. The average Bonchev–Trinajstić information content (AvgIpc) is 3.52. The number of carbonyl (C=O) groups excluding carboxylic acids is 1. The number of halogens is 1. The van der Waals surface area contributed by atoms with Crippen molar-refractivity contribution in [2.75, 3.05) is 5.32 Å². The lowest BCUT2D eigenvalue weighted by atomic mass is 9.82. The number of amides is 1. The van der Waals surface area contributed by atoms with E-state index in [0.29, 0.717) is 35.3 Å². The Labute approximate surface area is 221 Å². The quantitative estimate of drug-likeness (QED) is 0.311. The SMILES string of the molecule is CCn1cnc(NC(=O)c2cc3c(nc2P)nc(C(O)(c2ccccc2C)c2ccccc2F)n3CC)n1. The van der Waals surface area contributed by atoms with Gasteiger partial charge in [-0.05, 0) is 44.0 Å². The number of rotatable bonds is 7. The third-order valence-corrected chi connectivity index (χ3v) is 6.98. The van der Waals surface area contributed by atoms with Gasteiger partial charge in [-0.1, -0.05) is 51.7 Å². The van der Waals surface area contributed by atoms with Crippen LogP contribution in [0.15, 0.2) is 60.9 Å². The Morgan fingerprint density at radius 2 is 1.79 bits per heavy atom. The zero-order valence-corrected chi connectivity index (χ0v) is 22.3.